The monoisotopic (exact) mass is 246 g/mol. The summed E-state index contributed by atoms with van der Waals surface area (Å²) in [5.74, 6) is 0.0812. The quantitative estimate of drug-likeness (QED) is 0.867. The normalized spacial score (nSPS) is 12.1. The zero-order valence-corrected chi connectivity index (χ0v) is 10.2. The van der Waals surface area contributed by atoms with Crippen LogP contribution >= 0.6 is 0 Å². The summed E-state index contributed by atoms with van der Waals surface area (Å²) in [5, 5.41) is 12.1. The number of nitrogens with zero attached hydrogens (tertiary/aromatic N) is 1. The molecule has 0 aliphatic carbocycles. The first-order valence-corrected chi connectivity index (χ1v) is 5.59. The van der Waals surface area contributed by atoms with E-state index >= 15 is 0 Å². The molecule has 0 amide bonds. The van der Waals surface area contributed by atoms with E-state index in [1.165, 1.54) is 0 Å². The van der Waals surface area contributed by atoms with Crippen molar-refractivity contribution in [1.29, 1.82) is 0 Å². The third kappa shape index (κ3) is 2.51. The van der Waals surface area contributed by atoms with E-state index in [0.717, 1.165) is 11.5 Å². The zero-order valence-electron chi connectivity index (χ0n) is 10.2. The summed E-state index contributed by atoms with van der Waals surface area (Å²) in [5.41, 5.74) is 0.910. The lowest BCUT2D eigenvalue weighted by Gasteiger charge is -2.14. The van der Waals surface area contributed by atoms with Crippen LogP contribution in [0.5, 0.6) is 0 Å². The molecule has 2 N–H and O–H groups in total. The Bertz CT molecular complexity index is 549. The largest absolute Gasteiger partial charge is 0.478 e. The summed E-state index contributed by atoms with van der Waals surface area (Å²) in [7, 11) is 0. The molecular weight excluding hydrogens is 232 g/mol. The van der Waals surface area contributed by atoms with Crippen LogP contribution in [0, 0.1) is 6.92 Å². The SMILES string of the molecule is Cc1ccc(C(=O)O)c(NC(C)c2ccco2)n1. The third-order valence-corrected chi connectivity index (χ3v) is 2.59. The van der Waals surface area contributed by atoms with Gasteiger partial charge in [0.15, 0.2) is 0 Å². The number of aromatic carboxylic acids is 1. The Labute approximate surface area is 104 Å². The smallest absolute Gasteiger partial charge is 0.339 e. The van der Waals surface area contributed by atoms with Gasteiger partial charge in [0.2, 0.25) is 0 Å². The van der Waals surface area contributed by atoms with Gasteiger partial charge >= 0.3 is 5.97 Å². The topological polar surface area (TPSA) is 75.4 Å². The first-order chi connectivity index (χ1) is 8.58. The number of carboxylic acid groups (broad SMARTS) is 1. The van der Waals surface area contributed by atoms with Gasteiger partial charge in [-0.15, -0.1) is 0 Å². The van der Waals surface area contributed by atoms with E-state index in [-0.39, 0.29) is 11.6 Å². The molecule has 2 aromatic heterocycles. The molecule has 0 aromatic carbocycles. The minimum Gasteiger partial charge on any atom is -0.478 e. The second kappa shape index (κ2) is 4.91. The summed E-state index contributed by atoms with van der Waals surface area (Å²) >= 11 is 0. The number of hydrogen-bond donors (Lipinski definition) is 2. The molecule has 0 fully saturated rings. The van der Waals surface area contributed by atoms with E-state index in [1.54, 1.807) is 24.5 Å². The van der Waals surface area contributed by atoms with Gasteiger partial charge in [-0.25, -0.2) is 9.78 Å². The number of anilines is 1. The van der Waals surface area contributed by atoms with E-state index in [9.17, 15) is 4.79 Å². The number of aryl methyl sites for hydroxylation is 1. The van der Waals surface area contributed by atoms with Gasteiger partial charge in [0, 0.05) is 5.69 Å². The maximum absolute atomic E-state index is 11.1. The van der Waals surface area contributed by atoms with Crippen molar-refractivity contribution in [2.24, 2.45) is 0 Å². The second-order valence-electron chi connectivity index (χ2n) is 4.04. The van der Waals surface area contributed by atoms with Crippen molar-refractivity contribution in [2.45, 2.75) is 19.9 Å². The number of rotatable bonds is 4. The van der Waals surface area contributed by atoms with Gasteiger partial charge in [-0.3, -0.25) is 0 Å². The molecule has 94 valence electrons. The Balaban J connectivity index is 2.28. The predicted molar refractivity (Wildman–Crippen MR) is 66.7 cm³/mol. The Morgan fingerprint density at radius 2 is 2.22 bits per heavy atom. The van der Waals surface area contributed by atoms with E-state index in [2.05, 4.69) is 10.3 Å². The average Bonchev–Trinajstić information content (AvgIpc) is 2.81. The Kier molecular flexibility index (Phi) is 3.32. The minimum absolute atomic E-state index is 0.146. The van der Waals surface area contributed by atoms with Crippen molar-refractivity contribution in [3.63, 3.8) is 0 Å². The first kappa shape index (κ1) is 12.2. The number of furan rings is 1. The van der Waals surface area contributed by atoms with Crippen LogP contribution in [0.2, 0.25) is 0 Å². The highest BCUT2D eigenvalue weighted by Gasteiger charge is 2.15. The van der Waals surface area contributed by atoms with Crippen molar-refractivity contribution in [1.82, 2.24) is 4.98 Å². The molecule has 0 saturated heterocycles. The molecule has 2 aromatic rings. The van der Waals surface area contributed by atoms with Crippen molar-refractivity contribution >= 4 is 11.8 Å². The summed E-state index contributed by atoms with van der Waals surface area (Å²) in [6.45, 7) is 3.70. The number of aromatic nitrogens is 1. The molecule has 0 spiro atoms. The molecule has 1 atom stereocenters. The van der Waals surface area contributed by atoms with E-state index in [4.69, 9.17) is 9.52 Å². The molecular formula is C13H14N2O3. The number of carbonyl (C=O) groups is 1. The van der Waals surface area contributed by atoms with Crippen LogP contribution in [-0.4, -0.2) is 16.1 Å². The minimum atomic E-state index is -1.00. The molecule has 1 unspecified atom stereocenters. The fourth-order valence-corrected chi connectivity index (χ4v) is 1.65. The van der Waals surface area contributed by atoms with Gasteiger partial charge in [0.05, 0.1) is 12.3 Å². The van der Waals surface area contributed by atoms with Crippen molar-refractivity contribution in [2.75, 3.05) is 5.32 Å². The van der Waals surface area contributed by atoms with Gasteiger partial charge in [0.1, 0.15) is 17.1 Å². The second-order valence-corrected chi connectivity index (χ2v) is 4.04. The lowest BCUT2D eigenvalue weighted by molar-refractivity contribution is 0.0697. The number of carboxylic acids is 1. The zero-order chi connectivity index (χ0) is 13.1. The van der Waals surface area contributed by atoms with E-state index in [1.807, 2.05) is 19.9 Å². The summed E-state index contributed by atoms with van der Waals surface area (Å²) in [6, 6.07) is 6.68. The summed E-state index contributed by atoms with van der Waals surface area (Å²) in [6.07, 6.45) is 1.58. The summed E-state index contributed by atoms with van der Waals surface area (Å²) < 4.78 is 5.26. The predicted octanol–water partition coefficient (Wildman–Crippen LogP) is 2.85. The van der Waals surface area contributed by atoms with Crippen LogP contribution in [-0.2, 0) is 0 Å². The molecule has 5 nitrogen and oxygen atoms in total. The van der Waals surface area contributed by atoms with Crippen LogP contribution in [0.3, 0.4) is 0 Å². The van der Waals surface area contributed by atoms with Crippen LogP contribution in [0.15, 0.2) is 34.9 Å². The number of pyridine rings is 1. The molecule has 0 bridgehead atoms. The van der Waals surface area contributed by atoms with Crippen LogP contribution in [0.4, 0.5) is 5.82 Å². The molecule has 0 aliphatic rings. The molecule has 0 saturated carbocycles. The van der Waals surface area contributed by atoms with Gasteiger partial charge < -0.3 is 14.8 Å². The standard InChI is InChI=1S/C13H14N2O3/c1-8-5-6-10(13(16)17)12(14-8)15-9(2)11-4-3-7-18-11/h3-7,9H,1-2H3,(H,14,15)(H,16,17). The van der Waals surface area contributed by atoms with Gasteiger partial charge in [-0.05, 0) is 38.1 Å². The van der Waals surface area contributed by atoms with E-state index < -0.39 is 5.97 Å². The highest BCUT2D eigenvalue weighted by molar-refractivity contribution is 5.93. The fourth-order valence-electron chi connectivity index (χ4n) is 1.65. The van der Waals surface area contributed by atoms with Gasteiger partial charge in [-0.2, -0.15) is 0 Å². The number of hydrogen-bond acceptors (Lipinski definition) is 4. The maximum atomic E-state index is 11.1. The molecule has 0 aliphatic heterocycles. The molecule has 0 radical (unpaired) electrons. The average molecular weight is 246 g/mol. The van der Waals surface area contributed by atoms with Crippen LogP contribution in [0.25, 0.3) is 0 Å². The van der Waals surface area contributed by atoms with Gasteiger partial charge in [0.25, 0.3) is 0 Å². The molecule has 18 heavy (non-hydrogen) atoms. The Morgan fingerprint density at radius 3 is 2.83 bits per heavy atom. The Hall–Kier alpha value is -2.30. The molecule has 5 heteroatoms. The van der Waals surface area contributed by atoms with Gasteiger partial charge in [-0.1, -0.05) is 0 Å². The maximum Gasteiger partial charge on any atom is 0.339 e. The lowest BCUT2D eigenvalue weighted by atomic mass is 10.2. The lowest BCUT2D eigenvalue weighted by Crippen LogP contribution is -2.12. The first-order valence-electron chi connectivity index (χ1n) is 5.59. The Morgan fingerprint density at radius 1 is 1.44 bits per heavy atom. The van der Waals surface area contributed by atoms with Crippen LogP contribution < -0.4 is 5.32 Å². The fraction of sp³-hybridized carbons (Fsp3) is 0.231. The number of nitrogens with one attached hydrogen (secondary N) is 1. The third-order valence-electron chi connectivity index (χ3n) is 2.59. The van der Waals surface area contributed by atoms with Crippen molar-refractivity contribution in [3.8, 4) is 0 Å². The summed E-state index contributed by atoms with van der Waals surface area (Å²) in [4.78, 5) is 15.3. The van der Waals surface area contributed by atoms with Crippen LogP contribution in [0.1, 0.15) is 34.8 Å². The highest BCUT2D eigenvalue weighted by Crippen LogP contribution is 2.21. The highest BCUT2D eigenvalue weighted by atomic mass is 16.4. The molecule has 2 rings (SSSR count). The van der Waals surface area contributed by atoms with Crippen molar-refractivity contribution < 1.29 is 14.3 Å². The van der Waals surface area contributed by atoms with E-state index in [0.29, 0.717) is 5.82 Å². The molecule has 2 heterocycles. The van der Waals surface area contributed by atoms with Crippen molar-refractivity contribution in [3.05, 3.63) is 47.5 Å².